The number of nitrogens with one attached hydrogen (secondary N) is 1. The lowest BCUT2D eigenvalue weighted by Gasteiger charge is -2.15. The maximum Gasteiger partial charge on any atom is 0.253 e. The van der Waals surface area contributed by atoms with Crippen molar-refractivity contribution in [1.82, 2.24) is 19.8 Å². The van der Waals surface area contributed by atoms with Gasteiger partial charge in [-0.2, -0.15) is 0 Å². The first-order valence-corrected chi connectivity index (χ1v) is 12.7. The zero-order valence-electron chi connectivity index (χ0n) is 19.4. The zero-order valence-corrected chi connectivity index (χ0v) is 20.2. The highest BCUT2D eigenvalue weighted by Crippen LogP contribution is 2.25. The van der Waals surface area contributed by atoms with E-state index in [1.807, 2.05) is 47.4 Å². The van der Waals surface area contributed by atoms with E-state index >= 15 is 0 Å². The van der Waals surface area contributed by atoms with Gasteiger partial charge in [-0.1, -0.05) is 49.9 Å². The number of nitrogens with zero attached hydrogens (tertiary/aromatic N) is 3. The van der Waals surface area contributed by atoms with Gasteiger partial charge in [-0.25, -0.2) is 4.98 Å². The monoisotopic (exact) mass is 464 g/mol. The van der Waals surface area contributed by atoms with E-state index in [0.717, 1.165) is 60.7 Å². The molecule has 0 radical (unpaired) electrons. The molecule has 6 nitrogen and oxygen atoms in total. The molecule has 2 aromatic carbocycles. The van der Waals surface area contributed by atoms with Gasteiger partial charge >= 0.3 is 0 Å². The number of hydrogen-bond acceptors (Lipinski definition) is 4. The first kappa shape index (κ1) is 23.4. The van der Waals surface area contributed by atoms with E-state index in [2.05, 4.69) is 29.8 Å². The Morgan fingerprint density at radius 1 is 1.06 bits per heavy atom. The largest absolute Gasteiger partial charge is 0.351 e. The van der Waals surface area contributed by atoms with E-state index in [-0.39, 0.29) is 11.8 Å². The molecular weight excluding hydrogens is 432 g/mol. The minimum Gasteiger partial charge on any atom is -0.351 e. The number of aromatic nitrogens is 2. The fraction of sp³-hybridized carbons (Fsp3) is 0.423. The third-order valence-corrected chi connectivity index (χ3v) is 6.94. The van der Waals surface area contributed by atoms with Gasteiger partial charge in [-0.15, -0.1) is 0 Å². The van der Waals surface area contributed by atoms with Crippen molar-refractivity contribution in [2.24, 2.45) is 5.92 Å². The van der Waals surface area contributed by atoms with Gasteiger partial charge < -0.3 is 14.8 Å². The Bertz CT molecular complexity index is 1100. The first-order valence-electron chi connectivity index (χ1n) is 11.7. The van der Waals surface area contributed by atoms with Crippen LogP contribution in [-0.2, 0) is 17.9 Å². The van der Waals surface area contributed by atoms with Crippen LogP contribution in [0, 0.1) is 5.92 Å². The molecule has 0 spiro atoms. The van der Waals surface area contributed by atoms with Gasteiger partial charge in [0.1, 0.15) is 0 Å². The highest BCUT2D eigenvalue weighted by molar-refractivity contribution is 7.99. The van der Waals surface area contributed by atoms with Crippen LogP contribution in [0.25, 0.3) is 11.0 Å². The Labute approximate surface area is 199 Å². The average Bonchev–Trinajstić information content (AvgIpc) is 3.48. The van der Waals surface area contributed by atoms with Crippen LogP contribution in [0.4, 0.5) is 0 Å². The van der Waals surface area contributed by atoms with Crippen molar-refractivity contribution in [3.63, 3.8) is 0 Å². The summed E-state index contributed by atoms with van der Waals surface area (Å²) >= 11 is 1.48. The molecule has 4 rings (SSSR count). The third kappa shape index (κ3) is 5.96. The van der Waals surface area contributed by atoms with E-state index in [1.54, 1.807) is 0 Å². The lowest BCUT2D eigenvalue weighted by molar-refractivity contribution is -0.118. The molecule has 2 amide bonds. The SMILES string of the molecule is CC(C)CCn1c(SCC(=O)NCc2ccc(C(=O)N3CCCC3)cc2)nc2ccccc21. The zero-order chi connectivity index (χ0) is 23.2. The second-order valence-electron chi connectivity index (χ2n) is 8.98. The summed E-state index contributed by atoms with van der Waals surface area (Å²) in [6.07, 6.45) is 3.24. The molecule has 0 atom stereocenters. The Morgan fingerprint density at radius 2 is 1.79 bits per heavy atom. The molecule has 0 aliphatic carbocycles. The molecule has 0 unspecified atom stereocenters. The molecule has 33 heavy (non-hydrogen) atoms. The molecule has 1 aromatic heterocycles. The molecule has 1 fully saturated rings. The highest BCUT2D eigenvalue weighted by Gasteiger charge is 2.19. The number of carbonyl (C=O) groups is 2. The van der Waals surface area contributed by atoms with Gasteiger partial charge in [-0.3, -0.25) is 9.59 Å². The summed E-state index contributed by atoms with van der Waals surface area (Å²) in [5, 5.41) is 3.87. The van der Waals surface area contributed by atoms with Crippen molar-refractivity contribution < 1.29 is 9.59 Å². The molecule has 1 aliphatic heterocycles. The van der Waals surface area contributed by atoms with Crippen molar-refractivity contribution in [2.75, 3.05) is 18.8 Å². The molecule has 0 bridgehead atoms. The molecule has 1 aliphatic rings. The standard InChI is InChI=1S/C26H32N4O2S/c1-19(2)13-16-30-23-8-4-3-7-22(23)28-26(30)33-18-24(31)27-17-20-9-11-21(12-10-20)25(32)29-14-5-6-15-29/h3-4,7-12,19H,5-6,13-18H2,1-2H3,(H,27,31). The maximum atomic E-state index is 12.5. The minimum absolute atomic E-state index is 0.0281. The number of thioether (sulfide) groups is 1. The van der Waals surface area contributed by atoms with Crippen LogP contribution in [-0.4, -0.2) is 45.1 Å². The predicted molar refractivity (Wildman–Crippen MR) is 133 cm³/mol. The first-order chi connectivity index (χ1) is 16.0. The van der Waals surface area contributed by atoms with Crippen LogP contribution in [0.15, 0.2) is 53.7 Å². The van der Waals surface area contributed by atoms with Crippen LogP contribution < -0.4 is 5.32 Å². The smallest absolute Gasteiger partial charge is 0.253 e. The number of rotatable bonds is 9. The maximum absolute atomic E-state index is 12.5. The molecule has 7 heteroatoms. The summed E-state index contributed by atoms with van der Waals surface area (Å²) in [5.74, 6) is 0.986. The van der Waals surface area contributed by atoms with Gasteiger partial charge in [0, 0.05) is 31.7 Å². The van der Waals surface area contributed by atoms with Crippen molar-refractivity contribution in [1.29, 1.82) is 0 Å². The summed E-state index contributed by atoms with van der Waals surface area (Å²) in [4.78, 5) is 31.6. The number of fused-ring (bicyclic) bond motifs is 1. The van der Waals surface area contributed by atoms with Gasteiger partial charge in [0.15, 0.2) is 5.16 Å². The van der Waals surface area contributed by atoms with Crippen molar-refractivity contribution in [3.8, 4) is 0 Å². The van der Waals surface area contributed by atoms with Crippen LogP contribution in [0.5, 0.6) is 0 Å². The van der Waals surface area contributed by atoms with Gasteiger partial charge in [0.25, 0.3) is 5.91 Å². The number of imidazole rings is 1. The summed E-state index contributed by atoms with van der Waals surface area (Å²) in [6.45, 7) is 7.47. The fourth-order valence-corrected chi connectivity index (χ4v) is 4.89. The summed E-state index contributed by atoms with van der Waals surface area (Å²) in [6, 6.07) is 15.7. The lowest BCUT2D eigenvalue weighted by Crippen LogP contribution is -2.27. The average molecular weight is 465 g/mol. The van der Waals surface area contributed by atoms with E-state index in [9.17, 15) is 9.59 Å². The van der Waals surface area contributed by atoms with E-state index in [4.69, 9.17) is 4.98 Å². The summed E-state index contributed by atoms with van der Waals surface area (Å²) < 4.78 is 2.23. The van der Waals surface area contributed by atoms with Gasteiger partial charge in [-0.05, 0) is 55.0 Å². The number of likely N-dealkylation sites (tertiary alicyclic amines) is 1. The second kappa shape index (κ2) is 10.9. The highest BCUT2D eigenvalue weighted by atomic mass is 32.2. The summed E-state index contributed by atoms with van der Waals surface area (Å²) in [7, 11) is 0. The normalized spacial score (nSPS) is 13.7. The minimum atomic E-state index is -0.0281. The number of carbonyl (C=O) groups excluding carboxylic acids is 2. The number of para-hydroxylation sites is 2. The number of amides is 2. The Balaban J connectivity index is 1.31. The molecule has 1 N–H and O–H groups in total. The van der Waals surface area contributed by atoms with Crippen molar-refractivity contribution in [2.45, 2.75) is 51.4 Å². The molecule has 3 aromatic rings. The number of benzene rings is 2. The molecule has 1 saturated heterocycles. The van der Waals surface area contributed by atoms with E-state index in [0.29, 0.717) is 23.8 Å². The van der Waals surface area contributed by atoms with Crippen LogP contribution in [0.3, 0.4) is 0 Å². The van der Waals surface area contributed by atoms with Gasteiger partial charge in [0.05, 0.1) is 16.8 Å². The van der Waals surface area contributed by atoms with Crippen molar-refractivity contribution >= 4 is 34.6 Å². The Morgan fingerprint density at radius 3 is 2.52 bits per heavy atom. The molecule has 0 saturated carbocycles. The molecule has 174 valence electrons. The fourth-order valence-electron chi connectivity index (χ4n) is 4.02. The Hall–Kier alpha value is -2.80. The molecular formula is C26H32N4O2S. The van der Waals surface area contributed by atoms with Crippen LogP contribution >= 0.6 is 11.8 Å². The lowest BCUT2D eigenvalue weighted by atomic mass is 10.1. The Kier molecular flexibility index (Phi) is 7.70. The molecule has 2 heterocycles. The van der Waals surface area contributed by atoms with Crippen LogP contribution in [0.2, 0.25) is 0 Å². The van der Waals surface area contributed by atoms with E-state index in [1.165, 1.54) is 11.8 Å². The van der Waals surface area contributed by atoms with Gasteiger partial charge in [0.2, 0.25) is 5.91 Å². The predicted octanol–water partition coefficient (Wildman–Crippen LogP) is 4.73. The summed E-state index contributed by atoms with van der Waals surface area (Å²) in [5.41, 5.74) is 3.77. The van der Waals surface area contributed by atoms with Crippen LogP contribution in [0.1, 0.15) is 49.0 Å². The number of hydrogen-bond donors (Lipinski definition) is 1. The third-order valence-electron chi connectivity index (χ3n) is 5.97. The van der Waals surface area contributed by atoms with E-state index < -0.39 is 0 Å². The number of aryl methyl sites for hydroxylation is 1. The second-order valence-corrected chi connectivity index (χ2v) is 9.92. The topological polar surface area (TPSA) is 67.2 Å². The quantitative estimate of drug-likeness (QED) is 0.465. The van der Waals surface area contributed by atoms with Crippen molar-refractivity contribution in [3.05, 3.63) is 59.7 Å².